The molecule has 0 aromatic carbocycles. The first-order valence-corrected chi connectivity index (χ1v) is 23.3. The Morgan fingerprint density at radius 1 is 0.649 bits per heavy atom. The monoisotopic (exact) mass is 826 g/mol. The number of carboxylic acids is 1. The number of nitrogens with two attached hydrogens (primary N) is 1. The van der Waals surface area contributed by atoms with Crippen molar-refractivity contribution in [1.82, 2.24) is 0 Å². The fourth-order valence-electron chi connectivity index (χ4n) is 5.91. The highest BCUT2D eigenvalue weighted by atomic mass is 31.2. The fourth-order valence-corrected chi connectivity index (χ4v) is 6.69. The quantitative estimate of drug-likeness (QED) is 0.0175. The third-order valence-electron chi connectivity index (χ3n) is 9.47. The van der Waals surface area contributed by atoms with Crippen LogP contribution in [-0.4, -0.2) is 72.1 Å². The largest absolute Gasteiger partial charge is 0.480 e. The van der Waals surface area contributed by atoms with Crippen LogP contribution in [-0.2, 0) is 42.2 Å². The number of hydrogen-bond acceptors (Lipinski definition) is 10. The van der Waals surface area contributed by atoms with Crippen molar-refractivity contribution in [2.75, 3.05) is 19.8 Å². The van der Waals surface area contributed by atoms with Crippen molar-refractivity contribution in [2.24, 2.45) is 5.73 Å². The predicted octanol–water partition coefficient (Wildman–Crippen LogP) is 10.4. The van der Waals surface area contributed by atoms with E-state index in [1.807, 2.05) is 0 Å². The standard InChI is InChI=1S/C44H76NO11P/c1-3-5-7-9-11-13-15-17-18-19-21-23-25-27-29-33-43(47)55-38(36-53-57(50,51)54-37-39(45)44(48)49)35-52-42(46)34-30-32-41-40(56-41)31-28-26-24-22-20-16-14-12-10-8-6-4-2/h12,14,17-18,20,22,26,28,38-41H,3-11,13,15-16,19,21,23-25,27,29-37,45H2,1-2H3,(H,48,49)(H,50,51)/b14-12-,18-17-,22-20-,28-26-/t38-,39+,40?,41?/m1/s1. The summed E-state index contributed by atoms with van der Waals surface area (Å²) in [6, 6.07) is -1.53. The van der Waals surface area contributed by atoms with Crippen LogP contribution in [0.25, 0.3) is 0 Å². The molecular formula is C44H76NO11P. The highest BCUT2D eigenvalue weighted by Gasteiger charge is 2.36. The number of allylic oxidation sites excluding steroid dienone is 7. The summed E-state index contributed by atoms with van der Waals surface area (Å²) in [4.78, 5) is 46.1. The first-order valence-electron chi connectivity index (χ1n) is 21.8. The van der Waals surface area contributed by atoms with Gasteiger partial charge in [0.2, 0.25) is 0 Å². The van der Waals surface area contributed by atoms with Crippen LogP contribution < -0.4 is 5.73 Å². The Morgan fingerprint density at radius 2 is 1.16 bits per heavy atom. The summed E-state index contributed by atoms with van der Waals surface area (Å²) in [5.74, 6) is -2.48. The van der Waals surface area contributed by atoms with E-state index in [0.29, 0.717) is 19.3 Å². The lowest BCUT2D eigenvalue weighted by molar-refractivity contribution is -0.161. The summed E-state index contributed by atoms with van der Waals surface area (Å²) in [5, 5.41) is 8.89. The molecule has 1 heterocycles. The van der Waals surface area contributed by atoms with E-state index in [1.54, 1.807) is 0 Å². The van der Waals surface area contributed by atoms with Gasteiger partial charge in [-0.1, -0.05) is 127 Å². The first kappa shape index (κ1) is 52.4. The maximum atomic E-state index is 12.6. The van der Waals surface area contributed by atoms with E-state index in [-0.39, 0.29) is 31.7 Å². The zero-order valence-corrected chi connectivity index (χ0v) is 36.0. The van der Waals surface area contributed by atoms with Crippen LogP contribution in [0.3, 0.4) is 0 Å². The number of esters is 2. The maximum absolute atomic E-state index is 12.6. The Morgan fingerprint density at radius 3 is 1.81 bits per heavy atom. The second-order valence-corrected chi connectivity index (χ2v) is 16.3. The molecule has 4 N–H and O–H groups in total. The minimum Gasteiger partial charge on any atom is -0.480 e. The van der Waals surface area contributed by atoms with Gasteiger partial charge in [0, 0.05) is 12.8 Å². The van der Waals surface area contributed by atoms with Gasteiger partial charge in [-0.3, -0.25) is 23.4 Å². The maximum Gasteiger partial charge on any atom is 0.472 e. The Labute approximate surface area is 343 Å². The number of hydrogen-bond donors (Lipinski definition) is 3. The highest BCUT2D eigenvalue weighted by Crippen LogP contribution is 2.43. The molecule has 0 aromatic heterocycles. The summed E-state index contributed by atoms with van der Waals surface area (Å²) >= 11 is 0. The van der Waals surface area contributed by atoms with Crippen molar-refractivity contribution < 1.29 is 52.2 Å². The third-order valence-corrected chi connectivity index (χ3v) is 10.4. The number of phosphoric ester groups is 1. The van der Waals surface area contributed by atoms with Crippen LogP contribution in [0.5, 0.6) is 0 Å². The molecule has 1 aliphatic rings. The van der Waals surface area contributed by atoms with Crippen molar-refractivity contribution >= 4 is 25.7 Å². The number of aliphatic carboxylic acids is 1. The van der Waals surface area contributed by atoms with E-state index in [1.165, 1.54) is 57.8 Å². The van der Waals surface area contributed by atoms with Crippen molar-refractivity contribution in [2.45, 2.75) is 192 Å². The fraction of sp³-hybridized carbons (Fsp3) is 0.750. The van der Waals surface area contributed by atoms with E-state index in [9.17, 15) is 23.8 Å². The smallest absolute Gasteiger partial charge is 0.472 e. The van der Waals surface area contributed by atoms with Gasteiger partial charge in [-0.25, -0.2) is 4.57 Å². The van der Waals surface area contributed by atoms with Gasteiger partial charge in [-0.2, -0.15) is 0 Å². The topological polar surface area (TPSA) is 184 Å². The van der Waals surface area contributed by atoms with E-state index in [2.05, 4.69) is 67.0 Å². The second kappa shape index (κ2) is 35.4. The minimum atomic E-state index is -4.74. The molecular weight excluding hydrogens is 749 g/mol. The molecule has 13 heteroatoms. The van der Waals surface area contributed by atoms with E-state index < -0.39 is 51.1 Å². The molecule has 0 saturated carbocycles. The van der Waals surface area contributed by atoms with Crippen molar-refractivity contribution in [3.63, 3.8) is 0 Å². The van der Waals surface area contributed by atoms with Crippen LogP contribution in [0.4, 0.5) is 0 Å². The zero-order chi connectivity index (χ0) is 41.8. The lowest BCUT2D eigenvalue weighted by Crippen LogP contribution is -2.34. The van der Waals surface area contributed by atoms with E-state index in [4.69, 9.17) is 29.6 Å². The molecule has 0 bridgehead atoms. The normalized spacial score (nSPS) is 17.8. The van der Waals surface area contributed by atoms with Gasteiger partial charge in [0.1, 0.15) is 12.6 Å². The SMILES string of the molecule is CCCCC/C=C\C/C=C\C/C=C\CC1OC1CCCC(=O)OC[C@H](COP(=O)(O)OC[C@H](N)C(=O)O)OC(=O)CCCCCCC/C=C\CCCCCCCC. The highest BCUT2D eigenvalue weighted by molar-refractivity contribution is 7.47. The molecule has 0 radical (unpaired) electrons. The lowest BCUT2D eigenvalue weighted by atomic mass is 10.1. The van der Waals surface area contributed by atoms with Gasteiger partial charge in [-0.05, 0) is 77.0 Å². The summed E-state index contributed by atoms with van der Waals surface area (Å²) in [7, 11) is -4.74. The van der Waals surface area contributed by atoms with Crippen molar-refractivity contribution in [1.29, 1.82) is 0 Å². The summed E-state index contributed by atoms with van der Waals surface area (Å²) in [5.41, 5.74) is 5.33. The number of carbonyl (C=O) groups is 3. The van der Waals surface area contributed by atoms with Crippen LogP contribution in [0, 0.1) is 0 Å². The summed E-state index contributed by atoms with van der Waals surface area (Å²) in [6.07, 6.45) is 40.5. The summed E-state index contributed by atoms with van der Waals surface area (Å²) in [6.45, 7) is 2.68. The molecule has 57 heavy (non-hydrogen) atoms. The van der Waals surface area contributed by atoms with Crippen LogP contribution in [0.1, 0.15) is 168 Å². The Hall–Kier alpha value is -2.60. The number of epoxide rings is 1. The molecule has 1 rings (SSSR count). The van der Waals surface area contributed by atoms with Crippen LogP contribution >= 0.6 is 7.82 Å². The van der Waals surface area contributed by atoms with Crippen LogP contribution in [0.15, 0.2) is 48.6 Å². The average Bonchev–Trinajstić information content (AvgIpc) is 3.94. The number of unbranched alkanes of at least 4 members (excludes halogenated alkanes) is 14. The first-order chi connectivity index (χ1) is 27.6. The molecule has 0 aliphatic carbocycles. The molecule has 1 saturated heterocycles. The van der Waals surface area contributed by atoms with Crippen molar-refractivity contribution in [3.8, 4) is 0 Å². The van der Waals surface area contributed by atoms with Gasteiger partial charge in [0.05, 0.1) is 25.4 Å². The van der Waals surface area contributed by atoms with Gasteiger partial charge in [-0.15, -0.1) is 0 Å². The Balaban J connectivity index is 2.35. The minimum absolute atomic E-state index is 0.0995. The van der Waals surface area contributed by atoms with Crippen molar-refractivity contribution in [3.05, 3.63) is 48.6 Å². The average molecular weight is 826 g/mol. The molecule has 5 atom stereocenters. The van der Waals surface area contributed by atoms with Gasteiger partial charge in [0.25, 0.3) is 0 Å². The van der Waals surface area contributed by atoms with Crippen LogP contribution in [0.2, 0.25) is 0 Å². The van der Waals surface area contributed by atoms with Gasteiger partial charge >= 0.3 is 25.7 Å². The Kier molecular flexibility index (Phi) is 32.5. The Bertz CT molecular complexity index is 1220. The van der Waals surface area contributed by atoms with Gasteiger partial charge < -0.3 is 29.9 Å². The number of carbonyl (C=O) groups excluding carboxylic acids is 2. The molecule has 0 aromatic rings. The number of carboxylic acid groups (broad SMARTS) is 1. The number of phosphoric acid groups is 1. The van der Waals surface area contributed by atoms with Gasteiger partial charge in [0.15, 0.2) is 6.10 Å². The molecule has 1 aliphatic heterocycles. The number of rotatable bonds is 39. The third kappa shape index (κ3) is 33.0. The molecule has 12 nitrogen and oxygen atoms in total. The molecule has 3 unspecified atom stereocenters. The second-order valence-electron chi connectivity index (χ2n) is 14.9. The molecule has 0 amide bonds. The van der Waals surface area contributed by atoms with E-state index >= 15 is 0 Å². The predicted molar refractivity (Wildman–Crippen MR) is 226 cm³/mol. The van der Waals surface area contributed by atoms with E-state index in [0.717, 1.165) is 64.2 Å². The zero-order valence-electron chi connectivity index (χ0n) is 35.1. The molecule has 328 valence electrons. The molecule has 1 fully saturated rings. The number of ether oxygens (including phenoxy) is 3. The summed E-state index contributed by atoms with van der Waals surface area (Å²) < 4.78 is 38.4. The molecule has 0 spiro atoms. The lowest BCUT2D eigenvalue weighted by Gasteiger charge is -2.20.